The third-order valence-corrected chi connectivity index (χ3v) is 4.23. The summed E-state index contributed by atoms with van der Waals surface area (Å²) in [6.07, 6.45) is 3.36. The Morgan fingerprint density at radius 3 is 3.00 bits per heavy atom. The highest BCUT2D eigenvalue weighted by Crippen LogP contribution is 2.29. The zero-order valence-corrected chi connectivity index (χ0v) is 10.7. The van der Waals surface area contributed by atoms with Gasteiger partial charge in [-0.05, 0) is 33.1 Å². The van der Waals surface area contributed by atoms with Crippen LogP contribution >= 0.6 is 11.3 Å². The van der Waals surface area contributed by atoms with Crippen molar-refractivity contribution in [1.29, 1.82) is 0 Å². The van der Waals surface area contributed by atoms with Gasteiger partial charge in [-0.3, -0.25) is 0 Å². The van der Waals surface area contributed by atoms with Crippen molar-refractivity contribution in [3.8, 4) is 0 Å². The van der Waals surface area contributed by atoms with Crippen LogP contribution < -0.4 is 0 Å². The summed E-state index contributed by atoms with van der Waals surface area (Å²) in [5.74, 6) is 0. The Morgan fingerprint density at radius 2 is 2.44 bits per heavy atom. The molecule has 2 heterocycles. The minimum absolute atomic E-state index is 0.377. The lowest BCUT2D eigenvalue weighted by Crippen LogP contribution is -2.45. The van der Waals surface area contributed by atoms with Crippen LogP contribution in [0.5, 0.6) is 0 Å². The van der Waals surface area contributed by atoms with E-state index in [4.69, 9.17) is 4.74 Å². The highest BCUT2D eigenvalue weighted by atomic mass is 32.1. The molecule has 0 amide bonds. The molecule has 2 atom stereocenters. The first-order valence-corrected chi connectivity index (χ1v) is 6.71. The van der Waals surface area contributed by atoms with E-state index in [1.807, 2.05) is 19.2 Å². The number of hydrogen-bond acceptors (Lipinski definition) is 4. The van der Waals surface area contributed by atoms with Crippen LogP contribution in [0.15, 0.2) is 5.38 Å². The number of aromatic nitrogens is 1. The third-order valence-electron chi connectivity index (χ3n) is 3.24. The molecule has 0 bridgehead atoms. The van der Waals surface area contributed by atoms with Gasteiger partial charge < -0.3 is 9.84 Å². The molecule has 16 heavy (non-hydrogen) atoms. The Balaban J connectivity index is 1.98. The summed E-state index contributed by atoms with van der Waals surface area (Å²) in [5, 5.41) is 13.3. The number of ether oxygens (including phenoxy) is 1. The van der Waals surface area contributed by atoms with Gasteiger partial charge in [-0.15, -0.1) is 11.3 Å². The smallest absolute Gasteiger partial charge is 0.0955 e. The maximum atomic E-state index is 10.2. The molecule has 0 radical (unpaired) electrons. The first-order valence-electron chi connectivity index (χ1n) is 5.83. The molecule has 1 saturated heterocycles. The molecule has 90 valence electrons. The molecule has 1 aliphatic rings. The van der Waals surface area contributed by atoms with Crippen molar-refractivity contribution in [2.24, 2.45) is 0 Å². The number of rotatable bonds is 3. The Kier molecular flexibility index (Phi) is 3.62. The molecular formula is C12H19NO2S. The lowest BCUT2D eigenvalue weighted by Gasteiger charge is -2.37. The molecule has 2 rings (SSSR count). The van der Waals surface area contributed by atoms with Gasteiger partial charge >= 0.3 is 0 Å². The van der Waals surface area contributed by atoms with E-state index in [1.54, 1.807) is 11.3 Å². The number of aryl methyl sites for hydroxylation is 1. The lowest BCUT2D eigenvalue weighted by atomic mass is 9.88. The van der Waals surface area contributed by atoms with Crippen LogP contribution in [0.25, 0.3) is 0 Å². The molecule has 2 unspecified atom stereocenters. The number of hydrogen-bond donors (Lipinski definition) is 1. The Bertz CT molecular complexity index is 345. The van der Waals surface area contributed by atoms with Crippen LogP contribution in [0.4, 0.5) is 0 Å². The van der Waals surface area contributed by atoms with Gasteiger partial charge in [0.2, 0.25) is 0 Å². The van der Waals surface area contributed by atoms with Gasteiger partial charge in [0.05, 0.1) is 16.7 Å². The molecule has 1 aromatic heterocycles. The molecule has 1 aromatic rings. The minimum atomic E-state index is -0.446. The molecule has 0 aliphatic carbocycles. The molecule has 1 aliphatic heterocycles. The summed E-state index contributed by atoms with van der Waals surface area (Å²) in [7, 11) is 0. The zero-order chi connectivity index (χ0) is 11.6. The second-order valence-corrected chi connectivity index (χ2v) is 5.66. The summed E-state index contributed by atoms with van der Waals surface area (Å²) in [6, 6.07) is 0. The first kappa shape index (κ1) is 12.0. The number of aliphatic hydroxyl groups excluding tert-OH is 1. The molecule has 0 aromatic carbocycles. The van der Waals surface area contributed by atoms with Crippen LogP contribution in [0.1, 0.15) is 36.9 Å². The van der Waals surface area contributed by atoms with Gasteiger partial charge in [-0.2, -0.15) is 0 Å². The van der Waals surface area contributed by atoms with Gasteiger partial charge in [-0.1, -0.05) is 0 Å². The fraction of sp³-hybridized carbons (Fsp3) is 0.750. The molecular weight excluding hydrogens is 222 g/mol. The van der Waals surface area contributed by atoms with E-state index in [9.17, 15) is 5.11 Å². The molecule has 0 spiro atoms. The summed E-state index contributed by atoms with van der Waals surface area (Å²) >= 11 is 1.61. The van der Waals surface area contributed by atoms with E-state index in [1.165, 1.54) is 0 Å². The normalized spacial score (nSPS) is 27.9. The van der Waals surface area contributed by atoms with Gasteiger partial charge in [0.15, 0.2) is 0 Å². The van der Waals surface area contributed by atoms with Gasteiger partial charge in [0, 0.05) is 24.1 Å². The highest BCUT2D eigenvalue weighted by molar-refractivity contribution is 7.09. The van der Waals surface area contributed by atoms with Crippen LogP contribution in [0.3, 0.4) is 0 Å². The molecule has 1 N–H and O–H groups in total. The summed E-state index contributed by atoms with van der Waals surface area (Å²) in [6.45, 7) is 4.76. The molecule has 3 nitrogen and oxygen atoms in total. The molecule has 0 saturated carbocycles. The van der Waals surface area contributed by atoms with E-state index in [0.717, 1.165) is 36.6 Å². The van der Waals surface area contributed by atoms with E-state index in [0.29, 0.717) is 6.42 Å². The Morgan fingerprint density at radius 1 is 1.62 bits per heavy atom. The number of thiazole rings is 1. The van der Waals surface area contributed by atoms with Gasteiger partial charge in [0.1, 0.15) is 0 Å². The van der Waals surface area contributed by atoms with Crippen molar-refractivity contribution in [3.05, 3.63) is 16.1 Å². The van der Waals surface area contributed by atoms with Crippen molar-refractivity contribution in [3.63, 3.8) is 0 Å². The topological polar surface area (TPSA) is 42.4 Å². The third kappa shape index (κ3) is 2.62. The molecule has 1 fully saturated rings. The number of aliphatic hydroxyl groups is 1. The molecule has 4 heteroatoms. The number of nitrogens with zero attached hydrogens (tertiary/aromatic N) is 1. The van der Waals surface area contributed by atoms with Crippen LogP contribution in [0.2, 0.25) is 0 Å². The van der Waals surface area contributed by atoms with E-state index >= 15 is 0 Å². The maximum absolute atomic E-state index is 10.2. The van der Waals surface area contributed by atoms with Gasteiger partial charge in [0.25, 0.3) is 0 Å². The second kappa shape index (κ2) is 4.82. The average molecular weight is 241 g/mol. The van der Waals surface area contributed by atoms with Crippen molar-refractivity contribution in [2.45, 2.75) is 51.2 Å². The average Bonchev–Trinajstić information content (AvgIpc) is 2.65. The Labute approximate surface area is 100 Å². The monoisotopic (exact) mass is 241 g/mol. The summed E-state index contributed by atoms with van der Waals surface area (Å²) in [5.41, 5.74) is 0.652. The standard InChI is InChI=1S/C12H19NO2S/c1-9-8-16-11(13-9)7-10(14)12(2)5-3-4-6-15-12/h8,10,14H,3-7H2,1-2H3. The predicted molar refractivity (Wildman–Crippen MR) is 64.8 cm³/mol. The lowest BCUT2D eigenvalue weighted by molar-refractivity contribution is -0.135. The van der Waals surface area contributed by atoms with Crippen LogP contribution in [0, 0.1) is 6.92 Å². The maximum Gasteiger partial charge on any atom is 0.0955 e. The SMILES string of the molecule is Cc1csc(CC(O)C2(C)CCCCO2)n1. The van der Waals surface area contributed by atoms with Crippen LogP contribution in [-0.4, -0.2) is 28.4 Å². The fourth-order valence-corrected chi connectivity index (χ4v) is 2.91. The van der Waals surface area contributed by atoms with E-state index in [-0.39, 0.29) is 5.60 Å². The van der Waals surface area contributed by atoms with Crippen molar-refractivity contribution >= 4 is 11.3 Å². The van der Waals surface area contributed by atoms with Crippen molar-refractivity contribution in [1.82, 2.24) is 4.98 Å². The predicted octanol–water partition coefficient (Wildman–Crippen LogP) is 2.31. The second-order valence-electron chi connectivity index (χ2n) is 4.72. The quantitative estimate of drug-likeness (QED) is 0.883. The largest absolute Gasteiger partial charge is 0.390 e. The van der Waals surface area contributed by atoms with E-state index in [2.05, 4.69) is 4.98 Å². The summed E-state index contributed by atoms with van der Waals surface area (Å²) in [4.78, 5) is 4.38. The van der Waals surface area contributed by atoms with Crippen molar-refractivity contribution in [2.75, 3.05) is 6.61 Å². The summed E-state index contributed by atoms with van der Waals surface area (Å²) < 4.78 is 5.73. The Hall–Kier alpha value is -0.450. The fourth-order valence-electron chi connectivity index (χ4n) is 2.10. The van der Waals surface area contributed by atoms with Crippen LogP contribution in [-0.2, 0) is 11.2 Å². The zero-order valence-electron chi connectivity index (χ0n) is 9.90. The first-order chi connectivity index (χ1) is 7.60. The minimum Gasteiger partial charge on any atom is -0.390 e. The van der Waals surface area contributed by atoms with Crippen molar-refractivity contribution < 1.29 is 9.84 Å². The van der Waals surface area contributed by atoms with Gasteiger partial charge in [-0.25, -0.2) is 4.98 Å². The van der Waals surface area contributed by atoms with E-state index < -0.39 is 6.10 Å². The highest BCUT2D eigenvalue weighted by Gasteiger charge is 2.36.